The van der Waals surface area contributed by atoms with E-state index >= 15 is 0 Å². The van der Waals surface area contributed by atoms with E-state index in [1.165, 1.54) is 25.7 Å². The van der Waals surface area contributed by atoms with E-state index < -0.39 is 0 Å². The monoisotopic (exact) mass is 197 g/mol. The van der Waals surface area contributed by atoms with Gasteiger partial charge in [-0.25, -0.2) is 5.48 Å². The third-order valence-corrected chi connectivity index (χ3v) is 3.66. The van der Waals surface area contributed by atoms with Crippen LogP contribution in [0.5, 0.6) is 0 Å². The van der Waals surface area contributed by atoms with E-state index in [9.17, 15) is 4.79 Å². The van der Waals surface area contributed by atoms with Gasteiger partial charge in [0.2, 0.25) is 5.91 Å². The Morgan fingerprint density at radius 1 is 1.43 bits per heavy atom. The molecule has 80 valence electrons. The molecule has 14 heavy (non-hydrogen) atoms. The molecular formula is C11H19NO2. The van der Waals surface area contributed by atoms with Crippen LogP contribution in [0.15, 0.2) is 0 Å². The molecule has 3 nitrogen and oxygen atoms in total. The smallest absolute Gasteiger partial charge is 0.243 e. The zero-order valence-electron chi connectivity index (χ0n) is 8.79. The van der Waals surface area contributed by atoms with Crippen molar-refractivity contribution in [2.24, 2.45) is 17.8 Å². The van der Waals surface area contributed by atoms with Crippen molar-refractivity contribution in [1.29, 1.82) is 0 Å². The molecule has 2 rings (SSSR count). The van der Waals surface area contributed by atoms with Gasteiger partial charge in [-0.1, -0.05) is 6.42 Å². The van der Waals surface area contributed by atoms with Crippen molar-refractivity contribution in [3.63, 3.8) is 0 Å². The second-order valence-electron chi connectivity index (χ2n) is 4.60. The van der Waals surface area contributed by atoms with E-state index in [0.717, 1.165) is 11.8 Å². The van der Waals surface area contributed by atoms with Crippen LogP contribution >= 0.6 is 0 Å². The normalized spacial score (nSPS) is 34.8. The summed E-state index contributed by atoms with van der Waals surface area (Å²) in [5.74, 6) is 2.44. The number of hydrogen-bond acceptors (Lipinski definition) is 2. The lowest BCUT2D eigenvalue weighted by molar-refractivity contribution is -0.134. The molecule has 0 aromatic carbocycles. The van der Waals surface area contributed by atoms with Crippen molar-refractivity contribution < 1.29 is 9.63 Å². The SMILES string of the molecule is CCONC(=O)C[C@@H]1C[C@H]2CC[C@H]1C2. The number of fused-ring (bicyclic) bond motifs is 2. The van der Waals surface area contributed by atoms with E-state index in [0.29, 0.717) is 18.9 Å². The second kappa shape index (κ2) is 4.30. The fourth-order valence-electron chi connectivity index (χ4n) is 3.06. The first kappa shape index (κ1) is 9.97. The molecule has 0 spiro atoms. The van der Waals surface area contributed by atoms with E-state index in [-0.39, 0.29) is 5.91 Å². The van der Waals surface area contributed by atoms with E-state index in [1.807, 2.05) is 6.92 Å². The molecule has 0 aromatic heterocycles. The van der Waals surface area contributed by atoms with E-state index in [1.54, 1.807) is 0 Å². The van der Waals surface area contributed by atoms with Crippen LogP contribution < -0.4 is 5.48 Å². The number of rotatable bonds is 4. The molecule has 2 fully saturated rings. The molecule has 2 aliphatic rings. The minimum Gasteiger partial charge on any atom is -0.274 e. The quantitative estimate of drug-likeness (QED) is 0.699. The Morgan fingerprint density at radius 3 is 2.86 bits per heavy atom. The van der Waals surface area contributed by atoms with Crippen LogP contribution in [0.25, 0.3) is 0 Å². The molecule has 3 atom stereocenters. The fraction of sp³-hybridized carbons (Fsp3) is 0.909. The Morgan fingerprint density at radius 2 is 2.29 bits per heavy atom. The summed E-state index contributed by atoms with van der Waals surface area (Å²) in [7, 11) is 0. The summed E-state index contributed by atoms with van der Waals surface area (Å²) < 4.78 is 0. The minimum atomic E-state index is 0.0596. The number of hydrogen-bond donors (Lipinski definition) is 1. The molecule has 0 unspecified atom stereocenters. The summed E-state index contributed by atoms with van der Waals surface area (Å²) in [4.78, 5) is 16.3. The van der Waals surface area contributed by atoms with Gasteiger partial charge in [-0.3, -0.25) is 9.63 Å². The first-order valence-corrected chi connectivity index (χ1v) is 5.70. The Hall–Kier alpha value is -0.570. The molecule has 2 saturated carbocycles. The highest BCUT2D eigenvalue weighted by atomic mass is 16.6. The Kier molecular flexibility index (Phi) is 3.06. The Balaban J connectivity index is 1.73. The van der Waals surface area contributed by atoms with Crippen LogP contribution in [0.1, 0.15) is 39.0 Å². The van der Waals surface area contributed by atoms with Gasteiger partial charge in [0.1, 0.15) is 0 Å². The van der Waals surface area contributed by atoms with Gasteiger partial charge >= 0.3 is 0 Å². The molecular weight excluding hydrogens is 178 g/mol. The number of nitrogens with one attached hydrogen (secondary N) is 1. The van der Waals surface area contributed by atoms with Gasteiger partial charge in [-0.2, -0.15) is 0 Å². The molecule has 0 saturated heterocycles. The number of carbonyl (C=O) groups excluding carboxylic acids is 1. The lowest BCUT2D eigenvalue weighted by atomic mass is 9.86. The van der Waals surface area contributed by atoms with Crippen LogP contribution in [0.2, 0.25) is 0 Å². The summed E-state index contributed by atoms with van der Waals surface area (Å²) >= 11 is 0. The average Bonchev–Trinajstić information content (AvgIpc) is 2.76. The zero-order valence-corrected chi connectivity index (χ0v) is 8.79. The highest BCUT2D eigenvalue weighted by molar-refractivity contribution is 5.75. The van der Waals surface area contributed by atoms with Gasteiger partial charge in [-0.15, -0.1) is 0 Å². The minimum absolute atomic E-state index is 0.0596. The lowest BCUT2D eigenvalue weighted by Crippen LogP contribution is -2.27. The third-order valence-electron chi connectivity index (χ3n) is 3.66. The van der Waals surface area contributed by atoms with Crippen molar-refractivity contribution in [2.45, 2.75) is 39.0 Å². The van der Waals surface area contributed by atoms with Crippen LogP contribution in [-0.4, -0.2) is 12.5 Å². The van der Waals surface area contributed by atoms with Crippen LogP contribution in [-0.2, 0) is 9.63 Å². The van der Waals surface area contributed by atoms with Gasteiger partial charge in [0.15, 0.2) is 0 Å². The average molecular weight is 197 g/mol. The van der Waals surface area contributed by atoms with Crippen molar-refractivity contribution in [3.8, 4) is 0 Å². The van der Waals surface area contributed by atoms with Crippen molar-refractivity contribution in [3.05, 3.63) is 0 Å². The summed E-state index contributed by atoms with van der Waals surface area (Å²) in [6.07, 6.45) is 6.05. The predicted molar refractivity (Wildman–Crippen MR) is 53.3 cm³/mol. The van der Waals surface area contributed by atoms with Crippen molar-refractivity contribution in [1.82, 2.24) is 5.48 Å². The summed E-state index contributed by atoms with van der Waals surface area (Å²) in [5, 5.41) is 0. The van der Waals surface area contributed by atoms with Crippen LogP contribution in [0, 0.1) is 17.8 Å². The van der Waals surface area contributed by atoms with Gasteiger partial charge in [0.05, 0.1) is 6.61 Å². The standard InChI is InChI=1S/C11H19NO2/c1-2-14-12-11(13)7-10-6-8-3-4-9(10)5-8/h8-10H,2-7H2,1H3,(H,12,13)/t8-,9-,10-/m0/s1. The highest BCUT2D eigenvalue weighted by Crippen LogP contribution is 2.49. The highest BCUT2D eigenvalue weighted by Gasteiger charge is 2.40. The molecule has 2 bridgehead atoms. The van der Waals surface area contributed by atoms with Gasteiger partial charge in [0, 0.05) is 6.42 Å². The first-order chi connectivity index (χ1) is 6.79. The van der Waals surface area contributed by atoms with E-state index in [4.69, 9.17) is 4.84 Å². The molecule has 0 radical (unpaired) electrons. The molecule has 1 N–H and O–H groups in total. The second-order valence-corrected chi connectivity index (χ2v) is 4.60. The number of carbonyl (C=O) groups is 1. The summed E-state index contributed by atoms with van der Waals surface area (Å²) in [5.41, 5.74) is 2.48. The molecule has 0 heterocycles. The Bertz CT molecular complexity index is 217. The van der Waals surface area contributed by atoms with Crippen LogP contribution in [0.4, 0.5) is 0 Å². The van der Waals surface area contributed by atoms with Gasteiger partial charge in [-0.05, 0) is 43.9 Å². The van der Waals surface area contributed by atoms with E-state index in [2.05, 4.69) is 5.48 Å². The first-order valence-electron chi connectivity index (χ1n) is 5.70. The summed E-state index contributed by atoms with van der Waals surface area (Å²) in [6.45, 7) is 2.42. The third kappa shape index (κ3) is 2.08. The maximum Gasteiger partial charge on any atom is 0.243 e. The molecule has 3 heteroatoms. The van der Waals surface area contributed by atoms with Crippen molar-refractivity contribution in [2.75, 3.05) is 6.61 Å². The fourth-order valence-corrected chi connectivity index (χ4v) is 3.06. The zero-order chi connectivity index (χ0) is 9.97. The summed E-state index contributed by atoms with van der Waals surface area (Å²) in [6, 6.07) is 0. The van der Waals surface area contributed by atoms with Gasteiger partial charge < -0.3 is 0 Å². The van der Waals surface area contributed by atoms with Crippen molar-refractivity contribution >= 4 is 5.91 Å². The number of amides is 1. The van der Waals surface area contributed by atoms with Crippen LogP contribution in [0.3, 0.4) is 0 Å². The lowest BCUT2D eigenvalue weighted by Gasteiger charge is -2.20. The maximum absolute atomic E-state index is 11.4. The predicted octanol–water partition coefficient (Wildman–Crippen LogP) is 1.88. The molecule has 0 aromatic rings. The van der Waals surface area contributed by atoms with Gasteiger partial charge in [0.25, 0.3) is 0 Å². The number of hydroxylamine groups is 1. The molecule has 1 amide bonds. The Labute approximate surface area is 85.2 Å². The molecule has 0 aliphatic heterocycles. The molecule has 2 aliphatic carbocycles. The topological polar surface area (TPSA) is 38.3 Å². The largest absolute Gasteiger partial charge is 0.274 e. The maximum atomic E-state index is 11.4.